The number of carboxylic acids is 1. The SMILES string of the molecule is CCCCC1N(C)C(c2ccc(F)cc2)=C(C(=O)O)N1Cc1ccc(-c2ccccc2C#N)cc1. The Hall–Kier alpha value is -4.11. The molecule has 1 atom stereocenters. The van der Waals surface area contributed by atoms with Crippen molar-refractivity contribution in [3.8, 4) is 17.2 Å². The first-order valence-electron chi connectivity index (χ1n) is 11.8. The van der Waals surface area contributed by atoms with Crippen LogP contribution in [0.1, 0.15) is 42.9 Å². The molecular formula is C29H28FN3O2. The standard InChI is InChI=1S/C29H28FN3O2/c1-3-4-9-26-32(2)27(22-14-16-24(30)17-15-22)28(29(34)35)33(26)19-20-10-12-21(13-11-20)25-8-6-5-7-23(25)18-31/h5-8,10-17,26H,3-4,9,19H2,1-2H3,(H,34,35). The Bertz CT molecular complexity index is 1280. The van der Waals surface area contributed by atoms with Gasteiger partial charge in [-0.2, -0.15) is 5.26 Å². The Morgan fingerprint density at radius 2 is 1.69 bits per heavy atom. The number of hydrogen-bond donors (Lipinski definition) is 1. The van der Waals surface area contributed by atoms with Gasteiger partial charge in [0.2, 0.25) is 0 Å². The molecule has 0 aromatic heterocycles. The van der Waals surface area contributed by atoms with Crippen LogP contribution in [0.3, 0.4) is 0 Å². The van der Waals surface area contributed by atoms with Crippen LogP contribution in [0.15, 0.2) is 78.5 Å². The van der Waals surface area contributed by atoms with E-state index >= 15 is 0 Å². The van der Waals surface area contributed by atoms with E-state index in [2.05, 4.69) is 13.0 Å². The van der Waals surface area contributed by atoms with Gasteiger partial charge in [-0.05, 0) is 59.9 Å². The lowest BCUT2D eigenvalue weighted by Gasteiger charge is -2.32. The number of carboxylic acid groups (broad SMARTS) is 1. The molecule has 178 valence electrons. The maximum Gasteiger partial charge on any atom is 0.354 e. The van der Waals surface area contributed by atoms with Crippen LogP contribution in [0.25, 0.3) is 16.8 Å². The lowest BCUT2D eigenvalue weighted by atomic mass is 9.99. The van der Waals surface area contributed by atoms with Crippen molar-refractivity contribution in [2.75, 3.05) is 7.05 Å². The number of carbonyl (C=O) groups is 1. The molecule has 35 heavy (non-hydrogen) atoms. The third-order valence-corrected chi connectivity index (χ3v) is 6.47. The molecule has 1 unspecified atom stereocenters. The molecule has 5 nitrogen and oxygen atoms in total. The minimum atomic E-state index is -1.00. The summed E-state index contributed by atoms with van der Waals surface area (Å²) < 4.78 is 13.6. The molecule has 1 aliphatic heterocycles. The van der Waals surface area contributed by atoms with Crippen LogP contribution in [-0.4, -0.2) is 34.1 Å². The number of aliphatic carboxylic acids is 1. The van der Waals surface area contributed by atoms with Crippen LogP contribution in [0, 0.1) is 17.1 Å². The van der Waals surface area contributed by atoms with Crippen LogP contribution < -0.4 is 0 Å². The Balaban J connectivity index is 1.70. The van der Waals surface area contributed by atoms with Gasteiger partial charge >= 0.3 is 5.97 Å². The second-order valence-corrected chi connectivity index (χ2v) is 8.73. The molecule has 1 aliphatic rings. The summed E-state index contributed by atoms with van der Waals surface area (Å²) in [7, 11) is 1.91. The molecule has 4 rings (SSSR count). The van der Waals surface area contributed by atoms with Crippen molar-refractivity contribution in [3.63, 3.8) is 0 Å². The van der Waals surface area contributed by atoms with Crippen molar-refractivity contribution >= 4 is 11.7 Å². The zero-order valence-corrected chi connectivity index (χ0v) is 19.9. The highest BCUT2D eigenvalue weighted by Crippen LogP contribution is 2.38. The van der Waals surface area contributed by atoms with Crippen molar-refractivity contribution < 1.29 is 14.3 Å². The van der Waals surface area contributed by atoms with E-state index in [1.807, 2.05) is 59.3 Å². The Morgan fingerprint density at radius 1 is 1.03 bits per heavy atom. The molecule has 6 heteroatoms. The third kappa shape index (κ3) is 4.90. The van der Waals surface area contributed by atoms with Gasteiger partial charge in [-0.1, -0.05) is 55.8 Å². The number of nitrogens with zero attached hydrogens (tertiary/aromatic N) is 3. The van der Waals surface area contributed by atoms with Gasteiger partial charge in [0.05, 0.1) is 17.3 Å². The fourth-order valence-electron chi connectivity index (χ4n) is 4.72. The van der Waals surface area contributed by atoms with Gasteiger partial charge in [-0.15, -0.1) is 0 Å². The maximum atomic E-state index is 13.6. The van der Waals surface area contributed by atoms with E-state index in [-0.39, 0.29) is 17.7 Å². The van der Waals surface area contributed by atoms with E-state index in [0.717, 1.165) is 36.0 Å². The van der Waals surface area contributed by atoms with Gasteiger partial charge in [-0.3, -0.25) is 0 Å². The molecule has 1 heterocycles. The lowest BCUT2D eigenvalue weighted by molar-refractivity contribution is -0.134. The quantitative estimate of drug-likeness (QED) is 0.433. The van der Waals surface area contributed by atoms with Crippen molar-refractivity contribution in [3.05, 3.63) is 101 Å². The van der Waals surface area contributed by atoms with E-state index in [4.69, 9.17) is 0 Å². The number of halogens is 1. The fourth-order valence-corrected chi connectivity index (χ4v) is 4.72. The Kier molecular flexibility index (Phi) is 7.17. The van der Waals surface area contributed by atoms with Gasteiger partial charge in [0.1, 0.15) is 17.7 Å². The van der Waals surface area contributed by atoms with Crippen molar-refractivity contribution in [1.82, 2.24) is 9.80 Å². The van der Waals surface area contributed by atoms with E-state index in [0.29, 0.717) is 23.4 Å². The molecule has 0 spiro atoms. The minimum Gasteiger partial charge on any atom is -0.477 e. The predicted molar refractivity (Wildman–Crippen MR) is 134 cm³/mol. The van der Waals surface area contributed by atoms with Gasteiger partial charge in [0.25, 0.3) is 0 Å². The predicted octanol–water partition coefficient (Wildman–Crippen LogP) is 6.08. The van der Waals surface area contributed by atoms with Crippen molar-refractivity contribution in [1.29, 1.82) is 5.26 Å². The highest BCUT2D eigenvalue weighted by molar-refractivity contribution is 5.96. The fraction of sp³-hybridized carbons (Fsp3) is 0.241. The number of nitriles is 1. The summed E-state index contributed by atoms with van der Waals surface area (Å²) in [4.78, 5) is 16.4. The number of rotatable bonds is 8. The highest BCUT2D eigenvalue weighted by Gasteiger charge is 2.39. The molecule has 0 bridgehead atoms. The summed E-state index contributed by atoms with van der Waals surface area (Å²) in [6, 6.07) is 23.6. The molecule has 0 saturated carbocycles. The molecule has 0 aliphatic carbocycles. The summed E-state index contributed by atoms with van der Waals surface area (Å²) in [5, 5.41) is 19.6. The summed E-state index contributed by atoms with van der Waals surface area (Å²) in [5.41, 5.74) is 4.88. The molecule has 0 amide bonds. The van der Waals surface area contributed by atoms with Crippen LogP contribution >= 0.6 is 0 Å². The lowest BCUT2D eigenvalue weighted by Crippen LogP contribution is -2.39. The third-order valence-electron chi connectivity index (χ3n) is 6.47. The molecule has 0 radical (unpaired) electrons. The van der Waals surface area contributed by atoms with Gasteiger partial charge in [0, 0.05) is 19.2 Å². The van der Waals surface area contributed by atoms with Gasteiger partial charge < -0.3 is 14.9 Å². The summed E-state index contributed by atoms with van der Waals surface area (Å²) >= 11 is 0. The van der Waals surface area contributed by atoms with E-state index in [1.54, 1.807) is 18.2 Å². The van der Waals surface area contributed by atoms with Crippen molar-refractivity contribution in [2.45, 2.75) is 38.9 Å². The molecule has 3 aromatic rings. The summed E-state index contributed by atoms with van der Waals surface area (Å²) in [5.74, 6) is -1.36. The molecule has 0 fully saturated rings. The van der Waals surface area contributed by atoms with Gasteiger partial charge in [-0.25, -0.2) is 9.18 Å². The number of unbranched alkanes of at least 4 members (excludes halogenated alkanes) is 1. The topological polar surface area (TPSA) is 67.6 Å². The molecule has 3 aromatic carbocycles. The average molecular weight is 470 g/mol. The van der Waals surface area contributed by atoms with Crippen LogP contribution in [0.4, 0.5) is 4.39 Å². The largest absolute Gasteiger partial charge is 0.477 e. The minimum absolute atomic E-state index is 0.125. The van der Waals surface area contributed by atoms with E-state index < -0.39 is 5.97 Å². The van der Waals surface area contributed by atoms with E-state index in [1.165, 1.54) is 12.1 Å². The zero-order chi connectivity index (χ0) is 24.9. The van der Waals surface area contributed by atoms with Crippen LogP contribution in [0.5, 0.6) is 0 Å². The molecule has 0 saturated heterocycles. The van der Waals surface area contributed by atoms with Crippen LogP contribution in [0.2, 0.25) is 0 Å². The van der Waals surface area contributed by atoms with Gasteiger partial charge in [0.15, 0.2) is 0 Å². The maximum absolute atomic E-state index is 13.6. The number of benzene rings is 3. The summed E-state index contributed by atoms with van der Waals surface area (Å²) in [6.07, 6.45) is 2.64. The zero-order valence-electron chi connectivity index (χ0n) is 19.9. The number of hydrogen-bond acceptors (Lipinski definition) is 4. The monoisotopic (exact) mass is 469 g/mol. The second kappa shape index (κ2) is 10.4. The second-order valence-electron chi connectivity index (χ2n) is 8.73. The smallest absolute Gasteiger partial charge is 0.354 e. The van der Waals surface area contributed by atoms with E-state index in [9.17, 15) is 19.6 Å². The first kappa shape index (κ1) is 24.0. The molecular weight excluding hydrogens is 441 g/mol. The highest BCUT2D eigenvalue weighted by atomic mass is 19.1. The summed E-state index contributed by atoms with van der Waals surface area (Å²) in [6.45, 7) is 2.54. The molecule has 1 N–H and O–H groups in total. The Labute approximate surface area is 205 Å². The first-order chi connectivity index (χ1) is 16.9. The Morgan fingerprint density at radius 3 is 2.31 bits per heavy atom. The normalized spacial score (nSPS) is 15.4. The van der Waals surface area contributed by atoms with Crippen LogP contribution in [-0.2, 0) is 11.3 Å². The van der Waals surface area contributed by atoms with Crippen molar-refractivity contribution in [2.24, 2.45) is 0 Å². The average Bonchev–Trinajstić information content (AvgIpc) is 3.14. The first-order valence-corrected chi connectivity index (χ1v) is 11.8.